The van der Waals surface area contributed by atoms with Gasteiger partial charge < -0.3 is 30.0 Å². The molecule has 1 atom stereocenters. The summed E-state index contributed by atoms with van der Waals surface area (Å²) in [4.78, 5) is 23.6. The van der Waals surface area contributed by atoms with Gasteiger partial charge in [0.05, 0.1) is 17.7 Å². The molecule has 0 spiro atoms. The zero-order valence-corrected chi connectivity index (χ0v) is 18.4. The molecular formula is C22H26ClFN2O6. The van der Waals surface area contributed by atoms with Crippen LogP contribution in [0.2, 0.25) is 5.02 Å². The first-order valence-electron chi connectivity index (χ1n) is 10.0. The Bertz CT molecular complexity index is 881. The molecule has 0 fully saturated rings. The number of amides is 2. The maximum absolute atomic E-state index is 13.3. The van der Waals surface area contributed by atoms with Gasteiger partial charge in [-0.25, -0.2) is 4.39 Å². The van der Waals surface area contributed by atoms with Gasteiger partial charge in [0.1, 0.15) is 23.1 Å². The Kier molecular flexibility index (Phi) is 10.6. The quantitative estimate of drug-likeness (QED) is 0.416. The van der Waals surface area contributed by atoms with Crippen LogP contribution < -0.4 is 24.8 Å². The third kappa shape index (κ3) is 9.40. The first-order chi connectivity index (χ1) is 15.4. The molecule has 0 aliphatic rings. The second kappa shape index (κ2) is 13.4. The van der Waals surface area contributed by atoms with E-state index in [4.69, 9.17) is 25.8 Å². The van der Waals surface area contributed by atoms with Gasteiger partial charge in [0.25, 0.3) is 11.8 Å². The van der Waals surface area contributed by atoms with Gasteiger partial charge in [-0.05, 0) is 49.7 Å². The Morgan fingerprint density at radius 3 is 2.16 bits per heavy atom. The molecule has 10 heteroatoms. The van der Waals surface area contributed by atoms with Crippen LogP contribution in [0.15, 0.2) is 42.5 Å². The number of aliphatic hydroxyl groups excluding tert-OH is 1. The van der Waals surface area contributed by atoms with Crippen molar-refractivity contribution < 1.29 is 33.3 Å². The lowest BCUT2D eigenvalue weighted by atomic mass is 10.2. The summed E-state index contributed by atoms with van der Waals surface area (Å²) in [6.07, 6.45) is -0.627. The summed E-state index contributed by atoms with van der Waals surface area (Å²) >= 11 is 5.57. The van der Waals surface area contributed by atoms with Gasteiger partial charge in [-0.2, -0.15) is 0 Å². The standard InChI is InChI=1S/C22H26ClFN2O6/c1-2-30-16-3-5-17(6-4-16)31-13-21(28)25-10-9-15(27)12-26-22(29)14-32-18-7-8-19(23)20(24)11-18/h3-8,11,15,27H,2,9-10,12-14H2,1H3,(H,25,28)(H,26,29)/t15-/m0/s1. The SMILES string of the molecule is CCOc1ccc(OCC(=O)NCC[C@H](O)CNC(=O)COc2ccc(Cl)c(F)c2)cc1. The summed E-state index contributed by atoms with van der Waals surface area (Å²) in [6, 6.07) is 10.8. The number of hydrogen-bond donors (Lipinski definition) is 3. The Labute approximate surface area is 190 Å². The Morgan fingerprint density at radius 1 is 0.969 bits per heavy atom. The van der Waals surface area contributed by atoms with E-state index in [1.165, 1.54) is 12.1 Å². The summed E-state index contributed by atoms with van der Waals surface area (Å²) in [6.45, 7) is 2.15. The molecule has 174 valence electrons. The molecule has 0 aliphatic heterocycles. The molecule has 0 radical (unpaired) electrons. The van der Waals surface area contributed by atoms with E-state index < -0.39 is 17.8 Å². The molecule has 3 N–H and O–H groups in total. The lowest BCUT2D eigenvalue weighted by Gasteiger charge is -2.13. The number of carbonyl (C=O) groups excluding carboxylic acids is 2. The third-order valence-electron chi connectivity index (χ3n) is 4.10. The molecule has 0 bridgehead atoms. The van der Waals surface area contributed by atoms with Crippen molar-refractivity contribution in [3.8, 4) is 17.2 Å². The molecule has 0 heterocycles. The topological polar surface area (TPSA) is 106 Å². The number of rotatable bonds is 13. The second-order valence-electron chi connectivity index (χ2n) is 6.65. The van der Waals surface area contributed by atoms with Crippen molar-refractivity contribution in [1.29, 1.82) is 0 Å². The first kappa shape index (κ1) is 25.2. The van der Waals surface area contributed by atoms with Crippen LogP contribution in [-0.4, -0.2) is 55.9 Å². The number of aliphatic hydroxyl groups is 1. The highest BCUT2D eigenvalue weighted by molar-refractivity contribution is 6.30. The summed E-state index contributed by atoms with van der Waals surface area (Å²) in [5.41, 5.74) is 0. The van der Waals surface area contributed by atoms with Crippen LogP contribution in [-0.2, 0) is 9.59 Å². The van der Waals surface area contributed by atoms with Crippen LogP contribution in [0.5, 0.6) is 17.2 Å². The van der Waals surface area contributed by atoms with Crippen LogP contribution in [0.3, 0.4) is 0 Å². The Morgan fingerprint density at radius 2 is 1.53 bits per heavy atom. The molecule has 0 aliphatic carbocycles. The fraction of sp³-hybridized carbons (Fsp3) is 0.364. The second-order valence-corrected chi connectivity index (χ2v) is 7.06. The minimum Gasteiger partial charge on any atom is -0.494 e. The minimum atomic E-state index is -0.862. The number of nitrogens with one attached hydrogen (secondary N) is 2. The van der Waals surface area contributed by atoms with E-state index in [0.717, 1.165) is 11.8 Å². The highest BCUT2D eigenvalue weighted by Crippen LogP contribution is 2.20. The van der Waals surface area contributed by atoms with Gasteiger partial charge in [0.2, 0.25) is 0 Å². The molecule has 2 rings (SSSR count). The normalized spacial score (nSPS) is 11.4. The van der Waals surface area contributed by atoms with Gasteiger partial charge in [0, 0.05) is 19.2 Å². The van der Waals surface area contributed by atoms with Gasteiger partial charge in [-0.1, -0.05) is 11.6 Å². The van der Waals surface area contributed by atoms with Crippen LogP contribution in [0.4, 0.5) is 4.39 Å². The zero-order chi connectivity index (χ0) is 23.3. The van der Waals surface area contributed by atoms with Crippen LogP contribution in [0.1, 0.15) is 13.3 Å². The van der Waals surface area contributed by atoms with E-state index in [2.05, 4.69) is 10.6 Å². The predicted octanol–water partition coefficient (Wildman–Crippen LogP) is 2.32. The van der Waals surface area contributed by atoms with Crippen LogP contribution in [0.25, 0.3) is 0 Å². The third-order valence-corrected chi connectivity index (χ3v) is 4.41. The zero-order valence-electron chi connectivity index (χ0n) is 17.6. The average Bonchev–Trinajstić information content (AvgIpc) is 2.78. The van der Waals surface area contributed by atoms with Gasteiger partial charge in [-0.3, -0.25) is 9.59 Å². The largest absolute Gasteiger partial charge is 0.494 e. The van der Waals surface area contributed by atoms with Gasteiger partial charge in [-0.15, -0.1) is 0 Å². The number of carbonyl (C=O) groups is 2. The Hall–Kier alpha value is -3.04. The van der Waals surface area contributed by atoms with Gasteiger partial charge in [0.15, 0.2) is 13.2 Å². The molecule has 0 aromatic heterocycles. The van der Waals surface area contributed by atoms with Gasteiger partial charge >= 0.3 is 0 Å². The highest BCUT2D eigenvalue weighted by atomic mass is 35.5. The van der Waals surface area contributed by atoms with E-state index in [9.17, 15) is 19.1 Å². The van der Waals surface area contributed by atoms with E-state index in [1.807, 2.05) is 6.92 Å². The molecule has 0 saturated carbocycles. The number of benzene rings is 2. The molecule has 0 unspecified atom stereocenters. The molecule has 2 aromatic carbocycles. The van der Waals surface area contributed by atoms with Crippen molar-refractivity contribution in [3.63, 3.8) is 0 Å². The molecule has 2 aromatic rings. The fourth-order valence-electron chi connectivity index (χ4n) is 2.48. The van der Waals surface area contributed by atoms with Crippen LogP contribution in [0, 0.1) is 5.82 Å². The van der Waals surface area contributed by atoms with Crippen molar-refractivity contribution in [3.05, 3.63) is 53.3 Å². The Balaban J connectivity index is 1.56. The smallest absolute Gasteiger partial charge is 0.258 e. The maximum atomic E-state index is 13.3. The van der Waals surface area contributed by atoms with E-state index in [0.29, 0.717) is 12.4 Å². The maximum Gasteiger partial charge on any atom is 0.258 e. The average molecular weight is 469 g/mol. The van der Waals surface area contributed by atoms with Crippen molar-refractivity contribution in [2.45, 2.75) is 19.4 Å². The first-order valence-corrected chi connectivity index (χ1v) is 10.4. The lowest BCUT2D eigenvalue weighted by Crippen LogP contribution is -2.37. The summed E-state index contributed by atoms with van der Waals surface area (Å²) in [5, 5.41) is 15.0. The summed E-state index contributed by atoms with van der Waals surface area (Å²) < 4.78 is 29.2. The van der Waals surface area contributed by atoms with E-state index in [1.54, 1.807) is 24.3 Å². The molecule has 2 amide bonds. The van der Waals surface area contributed by atoms with Crippen LogP contribution >= 0.6 is 11.6 Å². The van der Waals surface area contributed by atoms with E-state index >= 15 is 0 Å². The highest BCUT2D eigenvalue weighted by Gasteiger charge is 2.10. The van der Waals surface area contributed by atoms with Crippen molar-refractivity contribution >= 4 is 23.4 Å². The summed E-state index contributed by atoms with van der Waals surface area (Å²) in [7, 11) is 0. The fourth-order valence-corrected chi connectivity index (χ4v) is 2.59. The number of halogens is 2. The monoisotopic (exact) mass is 468 g/mol. The van der Waals surface area contributed by atoms with Crippen molar-refractivity contribution in [1.82, 2.24) is 10.6 Å². The minimum absolute atomic E-state index is 0.0181. The predicted molar refractivity (Wildman–Crippen MR) is 117 cm³/mol. The molecule has 32 heavy (non-hydrogen) atoms. The van der Waals surface area contributed by atoms with Crippen molar-refractivity contribution in [2.75, 3.05) is 32.9 Å². The molecule has 0 saturated heterocycles. The van der Waals surface area contributed by atoms with E-state index in [-0.39, 0.29) is 49.4 Å². The molecule has 8 nitrogen and oxygen atoms in total. The molecular weight excluding hydrogens is 443 g/mol. The number of ether oxygens (including phenoxy) is 3. The lowest BCUT2D eigenvalue weighted by molar-refractivity contribution is -0.124. The number of hydrogen-bond acceptors (Lipinski definition) is 6. The van der Waals surface area contributed by atoms with Crippen molar-refractivity contribution in [2.24, 2.45) is 0 Å². The summed E-state index contributed by atoms with van der Waals surface area (Å²) in [5.74, 6) is -0.0404.